The minimum absolute atomic E-state index is 0.353. The van der Waals surface area contributed by atoms with Gasteiger partial charge < -0.3 is 15.4 Å². The lowest BCUT2D eigenvalue weighted by molar-refractivity contribution is 0.397. The molecule has 0 atom stereocenters. The zero-order valence-corrected chi connectivity index (χ0v) is 19.1. The molecule has 2 rings (SSSR count). The largest absolute Gasteiger partial charge is 0.478 e. The number of nitrogens with one attached hydrogen (secondary N) is 2. The van der Waals surface area contributed by atoms with E-state index in [0.29, 0.717) is 23.8 Å². The molecule has 0 aliphatic carbocycles. The third kappa shape index (κ3) is 5.58. The quantitative estimate of drug-likeness (QED) is 0.511. The van der Waals surface area contributed by atoms with Crippen LogP contribution in [0.2, 0.25) is 0 Å². The van der Waals surface area contributed by atoms with Gasteiger partial charge in [0.15, 0.2) is 5.82 Å². The second kappa shape index (κ2) is 11.0. The van der Waals surface area contributed by atoms with Gasteiger partial charge in [-0.1, -0.05) is 34.6 Å². The van der Waals surface area contributed by atoms with E-state index in [4.69, 9.17) is 14.7 Å². The molecule has 0 aliphatic heterocycles. The van der Waals surface area contributed by atoms with Gasteiger partial charge in [-0.2, -0.15) is 0 Å². The lowest BCUT2D eigenvalue weighted by Gasteiger charge is -2.20. The van der Waals surface area contributed by atoms with Crippen LogP contribution in [0, 0.1) is 6.92 Å². The molecule has 0 aromatic carbocycles. The number of aryl methyl sites for hydroxylation is 2. The van der Waals surface area contributed by atoms with E-state index < -0.39 is 0 Å². The summed E-state index contributed by atoms with van der Waals surface area (Å²) in [6, 6.07) is 2.93. The molecule has 0 radical (unpaired) electrons. The molecular formula is C23H37N5O. The van der Waals surface area contributed by atoms with Crippen LogP contribution in [0.25, 0.3) is 11.3 Å². The van der Waals surface area contributed by atoms with Crippen molar-refractivity contribution in [3.63, 3.8) is 0 Å². The maximum Gasteiger partial charge on any atom is 0.257 e. The summed E-state index contributed by atoms with van der Waals surface area (Å²) in [6.07, 6.45) is 7.01. The first-order valence-electron chi connectivity index (χ1n) is 11.0. The molecule has 29 heavy (non-hydrogen) atoms. The molecule has 6 heteroatoms. The Labute approximate surface area is 175 Å². The van der Waals surface area contributed by atoms with Crippen LogP contribution < -0.4 is 15.4 Å². The molecule has 160 valence electrons. The van der Waals surface area contributed by atoms with Crippen molar-refractivity contribution in [2.45, 2.75) is 85.7 Å². The maximum absolute atomic E-state index is 5.56. The average molecular weight is 400 g/mol. The first kappa shape index (κ1) is 22.9. The van der Waals surface area contributed by atoms with Crippen LogP contribution in [0.1, 0.15) is 71.6 Å². The molecule has 0 bridgehead atoms. The van der Waals surface area contributed by atoms with Crippen LogP contribution in [-0.4, -0.2) is 34.1 Å². The monoisotopic (exact) mass is 399 g/mol. The van der Waals surface area contributed by atoms with Gasteiger partial charge in [0.1, 0.15) is 5.82 Å². The van der Waals surface area contributed by atoms with Crippen molar-refractivity contribution < 1.29 is 4.74 Å². The molecule has 0 saturated carbocycles. The van der Waals surface area contributed by atoms with Crippen LogP contribution in [0.3, 0.4) is 0 Å². The Morgan fingerprint density at radius 3 is 2.10 bits per heavy atom. The number of pyridine rings is 1. The third-order valence-electron chi connectivity index (χ3n) is 5.52. The molecule has 2 aromatic rings. The Morgan fingerprint density at radius 1 is 0.931 bits per heavy atom. The molecule has 0 spiro atoms. The number of ether oxygens (including phenoxy) is 1. The maximum atomic E-state index is 5.56. The molecule has 0 saturated heterocycles. The zero-order valence-electron chi connectivity index (χ0n) is 19.1. The second-order valence-corrected chi connectivity index (χ2v) is 7.41. The van der Waals surface area contributed by atoms with Crippen molar-refractivity contribution in [3.8, 4) is 17.1 Å². The first-order valence-corrected chi connectivity index (χ1v) is 11.0. The first-order chi connectivity index (χ1) is 14.0. The summed E-state index contributed by atoms with van der Waals surface area (Å²) in [7, 11) is 1.64. The minimum Gasteiger partial charge on any atom is -0.478 e. The minimum atomic E-state index is 0.353. The highest BCUT2D eigenvalue weighted by Gasteiger charge is 2.18. The molecule has 2 heterocycles. The van der Waals surface area contributed by atoms with Crippen LogP contribution in [0.4, 0.5) is 11.6 Å². The van der Waals surface area contributed by atoms with Crippen molar-refractivity contribution in [2.75, 3.05) is 17.7 Å². The van der Waals surface area contributed by atoms with E-state index in [1.54, 1.807) is 7.11 Å². The zero-order chi connectivity index (χ0) is 21.4. The van der Waals surface area contributed by atoms with Gasteiger partial charge in [0.25, 0.3) is 5.88 Å². The van der Waals surface area contributed by atoms with Gasteiger partial charge in [-0.15, -0.1) is 0 Å². The third-order valence-corrected chi connectivity index (χ3v) is 5.52. The van der Waals surface area contributed by atoms with Crippen LogP contribution in [-0.2, 0) is 6.42 Å². The summed E-state index contributed by atoms with van der Waals surface area (Å²) in [4.78, 5) is 14.3. The van der Waals surface area contributed by atoms with Gasteiger partial charge in [-0.25, -0.2) is 15.0 Å². The van der Waals surface area contributed by atoms with E-state index in [1.807, 2.05) is 13.1 Å². The molecule has 2 N–H and O–H groups in total. The fourth-order valence-electron chi connectivity index (χ4n) is 3.47. The molecule has 2 aromatic heterocycles. The Balaban J connectivity index is 2.42. The summed E-state index contributed by atoms with van der Waals surface area (Å²) < 4.78 is 5.56. The molecular weight excluding hydrogens is 362 g/mol. The van der Waals surface area contributed by atoms with E-state index in [9.17, 15) is 0 Å². The summed E-state index contributed by atoms with van der Waals surface area (Å²) >= 11 is 0. The van der Waals surface area contributed by atoms with Gasteiger partial charge in [0, 0.05) is 23.8 Å². The highest BCUT2D eigenvalue weighted by atomic mass is 16.5. The van der Waals surface area contributed by atoms with Crippen LogP contribution >= 0.6 is 0 Å². The lowest BCUT2D eigenvalue weighted by atomic mass is 10.0. The number of nitrogens with zero attached hydrogens (tertiary/aromatic N) is 3. The standard InChI is InChI=1S/C23H37N5O/c1-8-16-13-20(26-17(9-2)10-3)24-14-19(16)21-15(6)25-22(23(28-21)29-7)27-18(11-4)12-5/h13-14,17-18H,8-12H2,1-7H3,(H,24,26)(H,25,27). The predicted octanol–water partition coefficient (Wildman–Crippen LogP) is 5.62. The van der Waals surface area contributed by atoms with Crippen molar-refractivity contribution in [1.29, 1.82) is 0 Å². The number of rotatable bonds is 11. The van der Waals surface area contributed by atoms with Crippen LogP contribution in [0.5, 0.6) is 5.88 Å². The number of aromatic nitrogens is 3. The number of hydrogen-bond donors (Lipinski definition) is 2. The summed E-state index contributed by atoms with van der Waals surface area (Å²) in [5, 5.41) is 7.00. The smallest absolute Gasteiger partial charge is 0.257 e. The Morgan fingerprint density at radius 2 is 1.55 bits per heavy atom. The fraction of sp³-hybridized carbons (Fsp3) is 0.609. The van der Waals surface area contributed by atoms with Gasteiger partial charge >= 0.3 is 0 Å². The lowest BCUT2D eigenvalue weighted by Crippen LogP contribution is -2.19. The van der Waals surface area contributed by atoms with Crippen molar-refractivity contribution in [1.82, 2.24) is 15.0 Å². The Hall–Kier alpha value is -2.37. The summed E-state index contributed by atoms with van der Waals surface area (Å²) in [5.41, 5.74) is 3.92. The molecule has 0 unspecified atom stereocenters. The normalized spacial score (nSPS) is 11.2. The van der Waals surface area contributed by atoms with Crippen molar-refractivity contribution in [2.24, 2.45) is 0 Å². The number of hydrogen-bond acceptors (Lipinski definition) is 6. The Bertz CT molecular complexity index is 785. The van der Waals surface area contributed by atoms with Gasteiger partial charge in [-0.05, 0) is 50.7 Å². The highest BCUT2D eigenvalue weighted by molar-refractivity contribution is 5.69. The molecule has 6 nitrogen and oxygen atoms in total. The van der Waals surface area contributed by atoms with Gasteiger partial charge in [-0.3, -0.25) is 0 Å². The topological polar surface area (TPSA) is 72.0 Å². The molecule has 0 fully saturated rings. The van der Waals surface area contributed by atoms with Crippen molar-refractivity contribution in [3.05, 3.63) is 23.5 Å². The SMILES string of the molecule is CCc1cc(NC(CC)CC)ncc1-c1nc(OC)c(NC(CC)CC)nc1C. The summed E-state index contributed by atoms with van der Waals surface area (Å²) in [5.74, 6) is 2.16. The van der Waals surface area contributed by atoms with E-state index in [1.165, 1.54) is 5.56 Å². The second-order valence-electron chi connectivity index (χ2n) is 7.41. The predicted molar refractivity (Wildman–Crippen MR) is 122 cm³/mol. The van der Waals surface area contributed by atoms with Crippen LogP contribution in [0.15, 0.2) is 12.3 Å². The number of methoxy groups -OCH3 is 1. The van der Waals surface area contributed by atoms with E-state index >= 15 is 0 Å². The molecule has 0 amide bonds. The highest BCUT2D eigenvalue weighted by Crippen LogP contribution is 2.31. The molecule has 0 aliphatic rings. The number of anilines is 2. The van der Waals surface area contributed by atoms with Gasteiger partial charge in [0.05, 0.1) is 18.5 Å². The average Bonchev–Trinajstić information content (AvgIpc) is 2.75. The Kier molecular flexibility index (Phi) is 8.68. The van der Waals surface area contributed by atoms with Crippen molar-refractivity contribution >= 4 is 11.6 Å². The fourth-order valence-corrected chi connectivity index (χ4v) is 3.47. The van der Waals surface area contributed by atoms with E-state index in [-0.39, 0.29) is 0 Å². The van der Waals surface area contributed by atoms with E-state index in [0.717, 1.165) is 54.9 Å². The van der Waals surface area contributed by atoms with E-state index in [2.05, 4.69) is 56.3 Å². The van der Waals surface area contributed by atoms with Gasteiger partial charge in [0.2, 0.25) is 0 Å². The summed E-state index contributed by atoms with van der Waals surface area (Å²) in [6.45, 7) is 12.9.